The van der Waals surface area contributed by atoms with Crippen LogP contribution in [0.2, 0.25) is 10.0 Å². The van der Waals surface area contributed by atoms with Crippen molar-refractivity contribution in [3.05, 3.63) is 72.5 Å². The van der Waals surface area contributed by atoms with Gasteiger partial charge in [0.1, 0.15) is 5.02 Å². The van der Waals surface area contributed by atoms with Crippen molar-refractivity contribution in [3.63, 3.8) is 0 Å². The Morgan fingerprint density at radius 3 is 2.66 bits per heavy atom. The van der Waals surface area contributed by atoms with Gasteiger partial charge < -0.3 is 4.57 Å². The second-order valence-electron chi connectivity index (χ2n) is 8.19. The minimum Gasteiger partial charge on any atom is -0.308 e. The molecule has 0 saturated carbocycles. The SMILES string of the molecule is CCC[C@H]1CCCN1Cc1c(Cl)cc(Cl)c(=O)n1CCc1ccc(-c2noc(=O)[nH]2)cc1. The van der Waals surface area contributed by atoms with Crippen LogP contribution in [0.4, 0.5) is 0 Å². The lowest BCUT2D eigenvalue weighted by molar-refractivity contribution is 0.227. The van der Waals surface area contributed by atoms with Crippen LogP contribution in [0.3, 0.4) is 0 Å². The van der Waals surface area contributed by atoms with E-state index in [1.54, 1.807) is 10.6 Å². The van der Waals surface area contributed by atoms with E-state index in [2.05, 4.69) is 26.5 Å². The summed E-state index contributed by atoms with van der Waals surface area (Å²) in [5.41, 5.74) is 2.40. The first-order chi connectivity index (χ1) is 15.5. The van der Waals surface area contributed by atoms with E-state index in [0.717, 1.165) is 36.2 Å². The van der Waals surface area contributed by atoms with Crippen LogP contribution in [0, 0.1) is 0 Å². The number of aromatic amines is 1. The molecule has 7 nitrogen and oxygen atoms in total. The molecule has 0 aliphatic carbocycles. The number of nitrogens with zero attached hydrogens (tertiary/aromatic N) is 3. The predicted octanol–water partition coefficient (Wildman–Crippen LogP) is 4.51. The number of nitrogens with one attached hydrogen (secondary N) is 1. The number of aryl methyl sites for hydroxylation is 1. The van der Waals surface area contributed by atoms with Gasteiger partial charge in [0.05, 0.1) is 10.7 Å². The standard InChI is InChI=1S/C23H26Cl2N4O3/c1-2-4-17-5-3-11-28(17)14-20-18(24)13-19(25)22(30)29(20)12-10-15-6-8-16(9-7-15)21-26-23(31)32-27-21/h6-9,13,17H,2-5,10-12,14H2,1H3,(H,26,27,31)/t17-/m0/s1. The maximum Gasteiger partial charge on any atom is 0.439 e. The Kier molecular flexibility index (Phi) is 7.18. The highest BCUT2D eigenvalue weighted by molar-refractivity contribution is 6.34. The second-order valence-corrected chi connectivity index (χ2v) is 9.00. The Morgan fingerprint density at radius 1 is 1.19 bits per heavy atom. The fourth-order valence-corrected chi connectivity index (χ4v) is 4.95. The maximum absolute atomic E-state index is 12.9. The van der Waals surface area contributed by atoms with Gasteiger partial charge in [-0.1, -0.05) is 66.0 Å². The van der Waals surface area contributed by atoms with Crippen molar-refractivity contribution in [1.82, 2.24) is 19.6 Å². The Bertz CT molecular complexity index is 1180. The molecule has 0 radical (unpaired) electrons. The van der Waals surface area contributed by atoms with Gasteiger partial charge >= 0.3 is 5.76 Å². The van der Waals surface area contributed by atoms with Crippen LogP contribution in [0.25, 0.3) is 11.4 Å². The number of benzene rings is 1. The first-order valence-electron chi connectivity index (χ1n) is 10.9. The summed E-state index contributed by atoms with van der Waals surface area (Å²) in [6.07, 6.45) is 5.28. The molecule has 1 aliphatic rings. The van der Waals surface area contributed by atoms with E-state index >= 15 is 0 Å². The zero-order valence-corrected chi connectivity index (χ0v) is 19.5. The van der Waals surface area contributed by atoms with Crippen molar-refractivity contribution in [3.8, 4) is 11.4 Å². The van der Waals surface area contributed by atoms with Gasteiger partial charge in [-0.25, -0.2) is 4.79 Å². The summed E-state index contributed by atoms with van der Waals surface area (Å²) < 4.78 is 6.27. The number of hydrogen-bond donors (Lipinski definition) is 1. The fraction of sp³-hybridized carbons (Fsp3) is 0.435. The molecule has 1 N–H and O–H groups in total. The van der Waals surface area contributed by atoms with Gasteiger partial charge in [0.15, 0.2) is 5.82 Å². The molecule has 9 heteroatoms. The van der Waals surface area contributed by atoms with E-state index in [-0.39, 0.29) is 10.6 Å². The van der Waals surface area contributed by atoms with E-state index in [9.17, 15) is 9.59 Å². The zero-order valence-electron chi connectivity index (χ0n) is 17.9. The highest BCUT2D eigenvalue weighted by atomic mass is 35.5. The van der Waals surface area contributed by atoms with E-state index < -0.39 is 5.76 Å². The average Bonchev–Trinajstić information content (AvgIpc) is 3.41. The monoisotopic (exact) mass is 476 g/mol. The summed E-state index contributed by atoms with van der Waals surface area (Å²) in [5.74, 6) is -0.207. The number of hydrogen-bond acceptors (Lipinski definition) is 5. The van der Waals surface area contributed by atoms with E-state index in [4.69, 9.17) is 23.2 Å². The molecule has 2 aromatic heterocycles. The Morgan fingerprint density at radius 2 is 1.97 bits per heavy atom. The van der Waals surface area contributed by atoms with E-state index in [1.165, 1.54) is 12.8 Å². The van der Waals surface area contributed by atoms with E-state index in [1.807, 2.05) is 24.3 Å². The molecule has 3 aromatic rings. The third-order valence-electron chi connectivity index (χ3n) is 6.07. The summed E-state index contributed by atoms with van der Waals surface area (Å²) >= 11 is 12.7. The molecule has 4 rings (SSSR count). The quantitative estimate of drug-likeness (QED) is 0.516. The van der Waals surface area contributed by atoms with Crippen molar-refractivity contribution in [2.24, 2.45) is 0 Å². The molecule has 1 aliphatic heterocycles. The first kappa shape index (κ1) is 22.8. The Hall–Kier alpha value is -2.35. The van der Waals surface area contributed by atoms with Gasteiger partial charge in [-0.05, 0) is 43.9 Å². The fourth-order valence-electron chi connectivity index (χ4n) is 4.41. The van der Waals surface area contributed by atoms with Gasteiger partial charge in [0.25, 0.3) is 5.56 Å². The molecular formula is C23H26Cl2N4O3. The van der Waals surface area contributed by atoms with Crippen molar-refractivity contribution in [2.75, 3.05) is 6.54 Å². The Labute approximate surface area is 195 Å². The smallest absolute Gasteiger partial charge is 0.308 e. The highest BCUT2D eigenvalue weighted by Crippen LogP contribution is 2.27. The van der Waals surface area contributed by atoms with Crippen LogP contribution < -0.4 is 11.3 Å². The molecule has 0 bridgehead atoms. The molecule has 1 atom stereocenters. The van der Waals surface area contributed by atoms with Gasteiger partial charge in [-0.15, -0.1) is 0 Å². The van der Waals surface area contributed by atoms with Crippen LogP contribution in [-0.2, 0) is 19.5 Å². The first-order valence-corrected chi connectivity index (χ1v) is 11.7. The van der Waals surface area contributed by atoms with Gasteiger partial charge in [-0.3, -0.25) is 19.2 Å². The lowest BCUT2D eigenvalue weighted by atomic mass is 10.1. The second kappa shape index (κ2) is 10.1. The van der Waals surface area contributed by atoms with Gasteiger partial charge in [0, 0.05) is 24.7 Å². The largest absolute Gasteiger partial charge is 0.439 e. The molecule has 0 spiro atoms. The summed E-state index contributed by atoms with van der Waals surface area (Å²) in [4.78, 5) is 29.0. The minimum atomic E-state index is -0.590. The topological polar surface area (TPSA) is 84.1 Å². The lowest BCUT2D eigenvalue weighted by Crippen LogP contribution is -2.33. The summed E-state index contributed by atoms with van der Waals surface area (Å²) in [6.45, 7) is 4.34. The molecule has 1 saturated heterocycles. The summed E-state index contributed by atoms with van der Waals surface area (Å²) in [7, 11) is 0. The van der Waals surface area contributed by atoms with E-state index in [0.29, 0.717) is 36.4 Å². The third kappa shape index (κ3) is 5.00. The number of H-pyrrole nitrogens is 1. The molecule has 32 heavy (non-hydrogen) atoms. The van der Waals surface area contributed by atoms with Crippen LogP contribution in [0.15, 0.2) is 44.4 Å². The van der Waals surface area contributed by atoms with Crippen LogP contribution in [0.5, 0.6) is 0 Å². The molecule has 1 aromatic carbocycles. The maximum atomic E-state index is 12.9. The van der Waals surface area contributed by atoms with Gasteiger partial charge in [-0.2, -0.15) is 0 Å². The van der Waals surface area contributed by atoms with Crippen molar-refractivity contribution < 1.29 is 4.52 Å². The number of rotatable bonds is 8. The normalized spacial score (nSPS) is 16.7. The van der Waals surface area contributed by atoms with Crippen molar-refractivity contribution >= 4 is 23.2 Å². The minimum absolute atomic E-state index is 0.135. The summed E-state index contributed by atoms with van der Waals surface area (Å²) in [6, 6.07) is 9.70. The number of likely N-dealkylation sites (tertiary alicyclic amines) is 1. The summed E-state index contributed by atoms with van der Waals surface area (Å²) in [5, 5.41) is 4.36. The van der Waals surface area contributed by atoms with Crippen LogP contribution in [0.1, 0.15) is 43.9 Å². The lowest BCUT2D eigenvalue weighted by Gasteiger charge is -2.26. The molecular weight excluding hydrogens is 451 g/mol. The highest BCUT2D eigenvalue weighted by Gasteiger charge is 2.26. The third-order valence-corrected chi connectivity index (χ3v) is 6.67. The van der Waals surface area contributed by atoms with Gasteiger partial charge in [0.2, 0.25) is 0 Å². The number of halogens is 2. The molecule has 3 heterocycles. The predicted molar refractivity (Wildman–Crippen MR) is 125 cm³/mol. The molecule has 1 fully saturated rings. The molecule has 170 valence electrons. The van der Waals surface area contributed by atoms with Crippen LogP contribution in [-0.4, -0.2) is 32.2 Å². The number of aromatic nitrogens is 3. The average molecular weight is 477 g/mol. The van der Waals surface area contributed by atoms with Crippen molar-refractivity contribution in [2.45, 2.75) is 58.2 Å². The molecule has 0 amide bonds. The zero-order chi connectivity index (χ0) is 22.7. The van der Waals surface area contributed by atoms with Crippen molar-refractivity contribution in [1.29, 1.82) is 0 Å². The van der Waals surface area contributed by atoms with Crippen LogP contribution >= 0.6 is 23.2 Å². The number of pyridine rings is 1. The Balaban J connectivity index is 1.54. The molecule has 0 unspecified atom stereocenters.